The van der Waals surface area contributed by atoms with Gasteiger partial charge in [0.2, 0.25) is 5.91 Å². The maximum atomic E-state index is 13.2. The van der Waals surface area contributed by atoms with Gasteiger partial charge in [-0.25, -0.2) is 9.97 Å². The van der Waals surface area contributed by atoms with Gasteiger partial charge in [0, 0.05) is 44.7 Å². The predicted molar refractivity (Wildman–Crippen MR) is 126 cm³/mol. The van der Waals surface area contributed by atoms with E-state index in [1.54, 1.807) is 17.5 Å². The molecule has 5 rings (SSSR count). The third kappa shape index (κ3) is 4.30. The molecule has 0 unspecified atom stereocenters. The number of benzene rings is 2. The molecule has 156 valence electrons. The highest BCUT2D eigenvalue weighted by Crippen LogP contribution is 2.30. The molecule has 5 nitrogen and oxygen atoms in total. The third-order valence-corrected chi connectivity index (χ3v) is 6.88. The molecule has 3 heterocycles. The largest absolute Gasteiger partial charge is 0.344 e. The zero-order valence-electron chi connectivity index (χ0n) is 17.2. The maximum absolute atomic E-state index is 13.2. The summed E-state index contributed by atoms with van der Waals surface area (Å²) in [4.78, 5) is 27.6. The highest BCUT2D eigenvalue weighted by molar-refractivity contribution is 7.21. The maximum Gasteiger partial charge on any atom is 0.223 e. The van der Waals surface area contributed by atoms with E-state index >= 15 is 0 Å². The van der Waals surface area contributed by atoms with Gasteiger partial charge < -0.3 is 9.80 Å². The Morgan fingerprint density at radius 1 is 0.871 bits per heavy atom. The molecular formula is C25H24N4OS. The fourth-order valence-corrected chi connectivity index (χ4v) is 5.10. The van der Waals surface area contributed by atoms with E-state index in [4.69, 9.17) is 4.98 Å². The molecule has 1 saturated heterocycles. The number of anilines is 1. The number of aromatic nitrogens is 2. The second kappa shape index (κ2) is 8.86. The first-order chi connectivity index (χ1) is 15.3. The molecule has 0 aliphatic carbocycles. The summed E-state index contributed by atoms with van der Waals surface area (Å²) in [6.45, 7) is 3.04. The molecule has 4 aromatic rings. The van der Waals surface area contributed by atoms with Crippen LogP contribution in [0.5, 0.6) is 0 Å². The highest BCUT2D eigenvalue weighted by Gasteiger charge is 2.26. The van der Waals surface area contributed by atoms with Crippen LogP contribution in [0.3, 0.4) is 0 Å². The normalized spacial score (nSPS) is 14.4. The summed E-state index contributed by atoms with van der Waals surface area (Å²) in [6.07, 6.45) is 2.29. The molecule has 1 aliphatic heterocycles. The summed E-state index contributed by atoms with van der Waals surface area (Å²) in [6, 6.07) is 24.6. The van der Waals surface area contributed by atoms with Crippen molar-refractivity contribution >= 4 is 32.7 Å². The number of fused-ring (bicyclic) bond motifs is 1. The summed E-state index contributed by atoms with van der Waals surface area (Å²) in [5, 5.41) is 0.993. The van der Waals surface area contributed by atoms with Crippen molar-refractivity contribution in [1.82, 2.24) is 14.9 Å². The van der Waals surface area contributed by atoms with E-state index in [9.17, 15) is 4.79 Å². The lowest BCUT2D eigenvalue weighted by Gasteiger charge is -2.35. The Balaban J connectivity index is 1.27. The summed E-state index contributed by atoms with van der Waals surface area (Å²) in [5.74, 6) is 0.284. The Kier molecular flexibility index (Phi) is 5.63. The van der Waals surface area contributed by atoms with E-state index in [0.29, 0.717) is 6.42 Å². The Morgan fingerprint density at radius 3 is 2.13 bits per heavy atom. The molecular weight excluding hydrogens is 404 g/mol. The Labute approximate surface area is 186 Å². The van der Waals surface area contributed by atoms with Crippen LogP contribution in [0.2, 0.25) is 0 Å². The van der Waals surface area contributed by atoms with Crippen molar-refractivity contribution in [3.8, 4) is 0 Å². The quantitative estimate of drug-likeness (QED) is 0.468. The first-order valence-corrected chi connectivity index (χ1v) is 11.4. The minimum absolute atomic E-state index is 0.0725. The molecule has 0 radical (unpaired) electrons. The number of carbonyl (C=O) groups is 1. The van der Waals surface area contributed by atoms with Gasteiger partial charge in [0.15, 0.2) is 5.13 Å². The molecule has 0 spiro atoms. The molecule has 2 aromatic carbocycles. The van der Waals surface area contributed by atoms with Gasteiger partial charge in [0.05, 0.1) is 0 Å². The van der Waals surface area contributed by atoms with Crippen molar-refractivity contribution in [3.05, 3.63) is 90.1 Å². The summed E-state index contributed by atoms with van der Waals surface area (Å²) >= 11 is 1.62. The van der Waals surface area contributed by atoms with Crippen LogP contribution in [0, 0.1) is 0 Å². The smallest absolute Gasteiger partial charge is 0.223 e. The second-order valence-electron chi connectivity index (χ2n) is 7.77. The van der Waals surface area contributed by atoms with E-state index in [1.165, 1.54) is 11.1 Å². The van der Waals surface area contributed by atoms with Gasteiger partial charge in [0.25, 0.3) is 0 Å². The molecule has 31 heavy (non-hydrogen) atoms. The number of nitrogens with zero attached hydrogens (tertiary/aromatic N) is 4. The number of pyridine rings is 1. The molecule has 6 heteroatoms. The van der Waals surface area contributed by atoms with E-state index in [1.807, 2.05) is 53.4 Å². The lowest BCUT2D eigenvalue weighted by Crippen LogP contribution is -2.49. The molecule has 1 aliphatic rings. The fourth-order valence-electron chi connectivity index (χ4n) is 4.14. The van der Waals surface area contributed by atoms with Crippen LogP contribution in [0.1, 0.15) is 23.5 Å². The van der Waals surface area contributed by atoms with Crippen molar-refractivity contribution in [2.24, 2.45) is 0 Å². The number of carbonyl (C=O) groups excluding carboxylic acids is 1. The topological polar surface area (TPSA) is 49.3 Å². The molecule has 2 aromatic heterocycles. The number of thiazole rings is 1. The Morgan fingerprint density at radius 2 is 1.52 bits per heavy atom. The van der Waals surface area contributed by atoms with Gasteiger partial charge in [-0.3, -0.25) is 4.79 Å². The van der Waals surface area contributed by atoms with Crippen LogP contribution in [-0.2, 0) is 4.79 Å². The molecule has 0 bridgehead atoms. The van der Waals surface area contributed by atoms with Gasteiger partial charge in [-0.15, -0.1) is 0 Å². The zero-order chi connectivity index (χ0) is 21.0. The number of piperazine rings is 1. The standard InChI is InChI=1S/C25H24N4OS/c30-23(18-21(19-8-3-1-4-9-19)20-10-5-2-6-11-20)28-14-16-29(17-15-28)25-27-22-12-7-13-26-24(22)31-25/h1-13,21H,14-18H2. The van der Waals surface area contributed by atoms with Crippen molar-refractivity contribution in [3.63, 3.8) is 0 Å². The van der Waals surface area contributed by atoms with Gasteiger partial charge >= 0.3 is 0 Å². The second-order valence-corrected chi connectivity index (χ2v) is 8.73. The monoisotopic (exact) mass is 428 g/mol. The van der Waals surface area contributed by atoms with Crippen LogP contribution in [0.25, 0.3) is 10.3 Å². The van der Waals surface area contributed by atoms with Crippen LogP contribution < -0.4 is 4.90 Å². The van der Waals surface area contributed by atoms with Crippen LogP contribution in [0.4, 0.5) is 5.13 Å². The highest BCUT2D eigenvalue weighted by atomic mass is 32.1. The number of amides is 1. The van der Waals surface area contributed by atoms with Crippen molar-refractivity contribution in [1.29, 1.82) is 0 Å². The first kappa shape index (κ1) is 19.7. The van der Waals surface area contributed by atoms with Gasteiger partial charge in [-0.1, -0.05) is 72.0 Å². The molecule has 0 atom stereocenters. The minimum atomic E-state index is 0.0725. The average molecular weight is 429 g/mol. The number of rotatable bonds is 5. The van der Waals surface area contributed by atoms with Gasteiger partial charge in [-0.05, 0) is 23.3 Å². The molecule has 1 amide bonds. The van der Waals surface area contributed by atoms with Crippen molar-refractivity contribution in [2.75, 3.05) is 31.1 Å². The molecule has 0 N–H and O–H groups in total. The van der Waals surface area contributed by atoms with E-state index < -0.39 is 0 Å². The van der Waals surface area contributed by atoms with E-state index in [-0.39, 0.29) is 11.8 Å². The van der Waals surface area contributed by atoms with Crippen LogP contribution in [0.15, 0.2) is 79.0 Å². The first-order valence-electron chi connectivity index (χ1n) is 10.6. The van der Waals surface area contributed by atoms with Gasteiger partial charge in [0.1, 0.15) is 10.3 Å². The SMILES string of the molecule is O=C(CC(c1ccccc1)c1ccccc1)N1CCN(c2nc3cccnc3s2)CC1. The minimum Gasteiger partial charge on any atom is -0.344 e. The number of hydrogen-bond donors (Lipinski definition) is 0. The summed E-state index contributed by atoms with van der Waals surface area (Å²) in [5.41, 5.74) is 3.31. The third-order valence-electron chi connectivity index (χ3n) is 5.84. The zero-order valence-corrected chi connectivity index (χ0v) is 18.0. The average Bonchev–Trinajstić information content (AvgIpc) is 3.28. The van der Waals surface area contributed by atoms with Crippen molar-refractivity contribution in [2.45, 2.75) is 12.3 Å². The fraction of sp³-hybridized carbons (Fsp3) is 0.240. The molecule has 0 saturated carbocycles. The lowest BCUT2D eigenvalue weighted by molar-refractivity contribution is -0.131. The predicted octanol–water partition coefficient (Wildman–Crippen LogP) is 4.56. The summed E-state index contributed by atoms with van der Waals surface area (Å²) < 4.78 is 0. The van der Waals surface area contributed by atoms with E-state index in [2.05, 4.69) is 34.1 Å². The summed E-state index contributed by atoms with van der Waals surface area (Å²) in [7, 11) is 0. The van der Waals surface area contributed by atoms with Crippen LogP contribution in [-0.4, -0.2) is 47.0 Å². The lowest BCUT2D eigenvalue weighted by atomic mass is 9.88. The molecule has 1 fully saturated rings. The Hall–Kier alpha value is -3.25. The van der Waals surface area contributed by atoms with E-state index in [0.717, 1.165) is 41.7 Å². The number of hydrogen-bond acceptors (Lipinski definition) is 5. The Bertz CT molecular complexity index is 1080. The van der Waals surface area contributed by atoms with Crippen molar-refractivity contribution < 1.29 is 4.79 Å². The van der Waals surface area contributed by atoms with Crippen LogP contribution >= 0.6 is 11.3 Å². The van der Waals surface area contributed by atoms with Gasteiger partial charge in [-0.2, -0.15) is 0 Å².